The number of ether oxygens (including phenoxy) is 2. The number of carbonyl (C=O) groups excluding carboxylic acids is 3. The van der Waals surface area contributed by atoms with E-state index in [1.807, 2.05) is 24.3 Å². The molecule has 2 amide bonds. The van der Waals surface area contributed by atoms with Crippen molar-refractivity contribution in [3.05, 3.63) is 29.8 Å². The minimum atomic E-state index is -0.906. The van der Waals surface area contributed by atoms with Gasteiger partial charge < -0.3 is 25.8 Å². The van der Waals surface area contributed by atoms with Gasteiger partial charge in [0.15, 0.2) is 0 Å². The summed E-state index contributed by atoms with van der Waals surface area (Å²) in [6.07, 6.45) is 0.234. The molecule has 1 aromatic carbocycles. The van der Waals surface area contributed by atoms with Crippen LogP contribution in [0.4, 0.5) is 0 Å². The van der Waals surface area contributed by atoms with Crippen molar-refractivity contribution in [2.75, 3.05) is 19.5 Å². The van der Waals surface area contributed by atoms with Gasteiger partial charge in [-0.25, -0.2) is 4.79 Å². The summed E-state index contributed by atoms with van der Waals surface area (Å²) < 4.78 is 10.5. The Kier molecular flexibility index (Phi) is 11.4. The first-order valence-corrected chi connectivity index (χ1v) is 11.0. The highest BCUT2D eigenvalue weighted by Crippen LogP contribution is 2.15. The number of thiol groups is 1. The van der Waals surface area contributed by atoms with E-state index in [2.05, 4.69) is 37.1 Å². The molecule has 9 heteroatoms. The van der Waals surface area contributed by atoms with Crippen molar-refractivity contribution < 1.29 is 23.9 Å². The zero-order chi connectivity index (χ0) is 23.6. The van der Waals surface area contributed by atoms with Gasteiger partial charge in [-0.05, 0) is 29.5 Å². The largest absolute Gasteiger partial charge is 0.493 e. The number of esters is 1. The SMILES string of the molecule is COC(=O)[C@H](Cc1ccc(OCC(C)C)cc1)NC(=O)[C@@H](NC(=O)[C@@H](N)CS)C(C)C. The van der Waals surface area contributed by atoms with Gasteiger partial charge in [0.25, 0.3) is 0 Å². The highest BCUT2D eigenvalue weighted by Gasteiger charge is 2.30. The Balaban J connectivity index is 2.87. The van der Waals surface area contributed by atoms with E-state index in [0.29, 0.717) is 12.5 Å². The molecule has 0 saturated heterocycles. The second kappa shape index (κ2) is 13.2. The van der Waals surface area contributed by atoms with Crippen molar-refractivity contribution in [3.8, 4) is 5.75 Å². The summed E-state index contributed by atoms with van der Waals surface area (Å²) >= 11 is 4.01. The zero-order valence-electron chi connectivity index (χ0n) is 18.9. The predicted octanol–water partition coefficient (Wildman–Crippen LogP) is 1.32. The third-order valence-corrected chi connectivity index (χ3v) is 4.92. The molecule has 0 radical (unpaired) electrons. The second-order valence-electron chi connectivity index (χ2n) is 8.16. The molecule has 1 aromatic rings. The molecule has 0 fully saturated rings. The Hall–Kier alpha value is -2.26. The van der Waals surface area contributed by atoms with Gasteiger partial charge in [0.1, 0.15) is 17.8 Å². The molecule has 0 unspecified atom stereocenters. The van der Waals surface area contributed by atoms with Gasteiger partial charge >= 0.3 is 5.97 Å². The fourth-order valence-corrected chi connectivity index (χ4v) is 2.86. The number of rotatable bonds is 12. The van der Waals surface area contributed by atoms with Crippen molar-refractivity contribution in [1.82, 2.24) is 10.6 Å². The van der Waals surface area contributed by atoms with E-state index in [1.165, 1.54) is 7.11 Å². The van der Waals surface area contributed by atoms with Crippen LogP contribution < -0.4 is 21.1 Å². The Morgan fingerprint density at radius 3 is 2.13 bits per heavy atom. The van der Waals surface area contributed by atoms with Crippen LogP contribution in [-0.2, 0) is 25.5 Å². The minimum absolute atomic E-state index is 0.153. The Bertz CT molecular complexity index is 724. The smallest absolute Gasteiger partial charge is 0.328 e. The normalized spacial score (nSPS) is 14.0. The summed E-state index contributed by atoms with van der Waals surface area (Å²) in [4.78, 5) is 37.2. The van der Waals surface area contributed by atoms with E-state index in [-0.39, 0.29) is 18.1 Å². The number of hydrogen-bond donors (Lipinski definition) is 4. The summed E-state index contributed by atoms with van der Waals surface area (Å²) in [6.45, 7) is 8.33. The van der Waals surface area contributed by atoms with E-state index in [1.54, 1.807) is 13.8 Å². The Labute approximate surface area is 190 Å². The molecule has 0 heterocycles. The molecule has 0 aromatic heterocycles. The van der Waals surface area contributed by atoms with E-state index in [0.717, 1.165) is 11.3 Å². The van der Waals surface area contributed by atoms with Crippen molar-refractivity contribution in [1.29, 1.82) is 0 Å². The van der Waals surface area contributed by atoms with E-state index >= 15 is 0 Å². The van der Waals surface area contributed by atoms with Gasteiger partial charge in [0.2, 0.25) is 11.8 Å². The molecule has 0 aliphatic carbocycles. The van der Waals surface area contributed by atoms with E-state index in [4.69, 9.17) is 15.2 Å². The lowest BCUT2D eigenvalue weighted by molar-refractivity contribution is -0.145. The number of nitrogens with two attached hydrogens (primary N) is 1. The van der Waals surface area contributed by atoms with Crippen molar-refractivity contribution >= 4 is 30.4 Å². The summed E-state index contributed by atoms with van der Waals surface area (Å²) in [6, 6.07) is 4.74. The topological polar surface area (TPSA) is 120 Å². The van der Waals surface area contributed by atoms with Crippen LogP contribution in [0.25, 0.3) is 0 Å². The molecule has 0 aliphatic heterocycles. The van der Waals surface area contributed by atoms with Gasteiger partial charge in [-0.15, -0.1) is 0 Å². The van der Waals surface area contributed by atoms with Gasteiger partial charge in [0, 0.05) is 12.2 Å². The van der Waals surface area contributed by atoms with Crippen LogP contribution in [0.5, 0.6) is 5.75 Å². The first kappa shape index (κ1) is 26.8. The lowest BCUT2D eigenvalue weighted by Crippen LogP contribution is -2.57. The van der Waals surface area contributed by atoms with Crippen molar-refractivity contribution in [2.24, 2.45) is 17.6 Å². The van der Waals surface area contributed by atoms with Gasteiger partial charge in [-0.1, -0.05) is 39.8 Å². The summed E-state index contributed by atoms with van der Waals surface area (Å²) in [7, 11) is 1.26. The molecule has 174 valence electrons. The summed E-state index contributed by atoms with van der Waals surface area (Å²) in [5.74, 6) is -0.451. The number of methoxy groups -OCH3 is 1. The number of hydrogen-bond acceptors (Lipinski definition) is 7. The van der Waals surface area contributed by atoms with Crippen LogP contribution in [0, 0.1) is 11.8 Å². The fourth-order valence-electron chi connectivity index (χ4n) is 2.70. The molecule has 0 saturated carbocycles. The highest BCUT2D eigenvalue weighted by molar-refractivity contribution is 7.80. The number of nitrogens with one attached hydrogen (secondary N) is 2. The molecule has 31 heavy (non-hydrogen) atoms. The molecule has 1 rings (SSSR count). The van der Waals surface area contributed by atoms with Crippen LogP contribution in [-0.4, -0.2) is 55.4 Å². The monoisotopic (exact) mass is 453 g/mol. The fraction of sp³-hybridized carbons (Fsp3) is 0.591. The molecule has 0 spiro atoms. The second-order valence-corrected chi connectivity index (χ2v) is 8.52. The maximum absolute atomic E-state index is 12.8. The third kappa shape index (κ3) is 9.18. The van der Waals surface area contributed by atoms with Crippen molar-refractivity contribution in [3.63, 3.8) is 0 Å². The average molecular weight is 454 g/mol. The maximum Gasteiger partial charge on any atom is 0.328 e. The van der Waals surface area contributed by atoms with E-state index in [9.17, 15) is 14.4 Å². The van der Waals surface area contributed by atoms with Crippen LogP contribution in [0.2, 0.25) is 0 Å². The van der Waals surface area contributed by atoms with Crippen molar-refractivity contribution in [2.45, 2.75) is 52.2 Å². The number of carbonyl (C=O) groups is 3. The van der Waals surface area contributed by atoms with Gasteiger partial charge in [-0.3, -0.25) is 9.59 Å². The third-order valence-electron chi connectivity index (χ3n) is 4.53. The van der Waals surface area contributed by atoms with Crippen LogP contribution in [0.1, 0.15) is 33.3 Å². The highest BCUT2D eigenvalue weighted by atomic mass is 32.1. The van der Waals surface area contributed by atoms with Gasteiger partial charge in [0.05, 0.1) is 19.8 Å². The van der Waals surface area contributed by atoms with Gasteiger partial charge in [-0.2, -0.15) is 12.6 Å². The Morgan fingerprint density at radius 1 is 1.03 bits per heavy atom. The molecule has 0 bridgehead atoms. The molecule has 3 atom stereocenters. The quantitative estimate of drug-likeness (QED) is 0.280. The zero-order valence-corrected chi connectivity index (χ0v) is 19.8. The molecule has 4 N–H and O–H groups in total. The Morgan fingerprint density at radius 2 is 1.65 bits per heavy atom. The minimum Gasteiger partial charge on any atom is -0.493 e. The first-order chi connectivity index (χ1) is 14.6. The lowest BCUT2D eigenvalue weighted by Gasteiger charge is -2.25. The summed E-state index contributed by atoms with van der Waals surface area (Å²) in [5.41, 5.74) is 6.51. The standard InChI is InChI=1S/C22H35N3O5S/c1-13(2)11-30-16-8-6-15(7-9-16)10-18(22(28)29-5)24-21(27)19(14(3)4)25-20(26)17(23)12-31/h6-9,13-14,17-19,31H,10-12,23H2,1-5H3,(H,24,27)(H,25,26)/t17-,18-,19-/m0/s1. The molecule has 0 aliphatic rings. The van der Waals surface area contributed by atoms with Crippen LogP contribution in [0.3, 0.4) is 0 Å². The van der Waals surface area contributed by atoms with Crippen LogP contribution >= 0.6 is 12.6 Å². The lowest BCUT2D eigenvalue weighted by atomic mass is 10.0. The maximum atomic E-state index is 12.8. The average Bonchev–Trinajstić information content (AvgIpc) is 2.74. The predicted molar refractivity (Wildman–Crippen MR) is 123 cm³/mol. The summed E-state index contributed by atoms with van der Waals surface area (Å²) in [5, 5.41) is 5.33. The van der Waals surface area contributed by atoms with E-state index < -0.39 is 35.9 Å². The number of amides is 2. The molecular weight excluding hydrogens is 418 g/mol. The molecule has 8 nitrogen and oxygen atoms in total. The molecular formula is C22H35N3O5S. The number of benzene rings is 1. The van der Waals surface area contributed by atoms with Crippen LogP contribution in [0.15, 0.2) is 24.3 Å². The first-order valence-electron chi connectivity index (χ1n) is 10.4.